The third-order valence-corrected chi connectivity index (χ3v) is 4.53. The van der Waals surface area contributed by atoms with Crippen LogP contribution in [0.2, 0.25) is 0 Å². The minimum absolute atomic E-state index is 0. The Bertz CT molecular complexity index is 191. The molecule has 0 amide bonds. The largest absolute Gasteiger partial charge is 0.870 e. The number of nitrogens with zero attached hydrogens (tertiary/aromatic N) is 1. The smallest absolute Gasteiger partial charge is 0.0890 e. The summed E-state index contributed by atoms with van der Waals surface area (Å²) >= 11 is 0. The van der Waals surface area contributed by atoms with Crippen molar-refractivity contribution in [3.63, 3.8) is 0 Å². The van der Waals surface area contributed by atoms with Gasteiger partial charge in [0.15, 0.2) is 0 Å². The van der Waals surface area contributed by atoms with Crippen molar-refractivity contribution in [1.82, 2.24) is 0 Å². The van der Waals surface area contributed by atoms with Crippen molar-refractivity contribution >= 4 is 0 Å². The molecule has 96 valence electrons. The Kier molecular flexibility index (Phi) is 5.26. The molecule has 16 heavy (non-hydrogen) atoms. The highest BCUT2D eigenvalue weighted by molar-refractivity contribution is 4.71. The predicted octanol–water partition coefficient (Wildman–Crippen LogP) is 3.41. The second-order valence-electron chi connectivity index (χ2n) is 6.24. The summed E-state index contributed by atoms with van der Waals surface area (Å²) in [4.78, 5) is 0. The Morgan fingerprint density at radius 2 is 1.50 bits per heavy atom. The zero-order valence-electron chi connectivity index (χ0n) is 11.1. The standard InChI is InChI=1S/C14H28N.H2O/c1-13(2)12-15(10-6-7-11-15)14-8-4-3-5-9-14;/h13-14H,3-12H2,1-2H3;1H2/q+1;/p-1. The van der Waals surface area contributed by atoms with Crippen LogP contribution in [0, 0.1) is 5.92 Å². The third kappa shape index (κ3) is 2.98. The predicted molar refractivity (Wildman–Crippen MR) is 67.7 cm³/mol. The second kappa shape index (κ2) is 6.02. The highest BCUT2D eigenvalue weighted by Crippen LogP contribution is 2.33. The molecule has 1 saturated carbocycles. The van der Waals surface area contributed by atoms with E-state index in [4.69, 9.17) is 0 Å². The van der Waals surface area contributed by atoms with Crippen LogP contribution in [0.5, 0.6) is 0 Å². The van der Waals surface area contributed by atoms with Crippen LogP contribution >= 0.6 is 0 Å². The van der Waals surface area contributed by atoms with E-state index in [9.17, 15) is 0 Å². The van der Waals surface area contributed by atoms with Gasteiger partial charge in [-0.15, -0.1) is 0 Å². The van der Waals surface area contributed by atoms with Crippen molar-refractivity contribution < 1.29 is 9.96 Å². The Hall–Kier alpha value is -0.0800. The van der Waals surface area contributed by atoms with Crippen LogP contribution in [0.15, 0.2) is 0 Å². The first-order valence-electron chi connectivity index (χ1n) is 7.09. The van der Waals surface area contributed by atoms with Gasteiger partial charge < -0.3 is 9.96 Å². The number of hydrogen-bond acceptors (Lipinski definition) is 1. The summed E-state index contributed by atoms with van der Waals surface area (Å²) < 4.78 is 1.50. The summed E-state index contributed by atoms with van der Waals surface area (Å²) in [6.45, 7) is 9.23. The SMILES string of the molecule is CC(C)C[N+]1(C2CCCCC2)CCCC1.[OH-]. The Labute approximate surface area is 101 Å². The van der Waals surface area contributed by atoms with Gasteiger partial charge in [0.2, 0.25) is 0 Å². The fraction of sp³-hybridized carbons (Fsp3) is 1.00. The van der Waals surface area contributed by atoms with E-state index >= 15 is 0 Å². The molecule has 0 spiro atoms. The lowest BCUT2D eigenvalue weighted by atomic mass is 9.91. The number of likely N-dealkylation sites (tertiary alicyclic amines) is 1. The molecule has 2 aliphatic rings. The summed E-state index contributed by atoms with van der Waals surface area (Å²) in [5.41, 5.74) is 0. The van der Waals surface area contributed by atoms with Crippen LogP contribution in [-0.4, -0.2) is 35.6 Å². The van der Waals surface area contributed by atoms with E-state index in [1.807, 2.05) is 0 Å². The molecule has 2 nitrogen and oxygen atoms in total. The quantitative estimate of drug-likeness (QED) is 0.680. The van der Waals surface area contributed by atoms with Crippen molar-refractivity contribution in [2.45, 2.75) is 64.8 Å². The number of hydrogen-bond donors (Lipinski definition) is 0. The summed E-state index contributed by atoms with van der Waals surface area (Å²) in [5, 5.41) is 0. The Balaban J connectivity index is 0.00000128. The Morgan fingerprint density at radius 1 is 0.938 bits per heavy atom. The second-order valence-corrected chi connectivity index (χ2v) is 6.24. The fourth-order valence-electron chi connectivity index (χ4n) is 4.02. The lowest BCUT2D eigenvalue weighted by Crippen LogP contribution is -2.55. The van der Waals surface area contributed by atoms with Crippen molar-refractivity contribution in [3.8, 4) is 0 Å². The molecule has 1 heterocycles. The first kappa shape index (κ1) is 14.0. The van der Waals surface area contributed by atoms with Crippen LogP contribution in [0.4, 0.5) is 0 Å². The molecule has 0 aromatic rings. The van der Waals surface area contributed by atoms with Gasteiger partial charge in [-0.05, 0) is 25.7 Å². The van der Waals surface area contributed by atoms with Gasteiger partial charge in [-0.3, -0.25) is 0 Å². The van der Waals surface area contributed by atoms with Gasteiger partial charge >= 0.3 is 0 Å². The van der Waals surface area contributed by atoms with Gasteiger partial charge in [0, 0.05) is 18.8 Å². The summed E-state index contributed by atoms with van der Waals surface area (Å²) in [7, 11) is 0. The average Bonchev–Trinajstić information content (AvgIpc) is 2.68. The molecular weight excluding hydrogens is 198 g/mol. The van der Waals surface area contributed by atoms with E-state index in [0.717, 1.165) is 12.0 Å². The first-order valence-corrected chi connectivity index (χ1v) is 7.09. The van der Waals surface area contributed by atoms with Crippen LogP contribution in [0.25, 0.3) is 0 Å². The Morgan fingerprint density at radius 3 is 2.00 bits per heavy atom. The molecule has 2 heteroatoms. The van der Waals surface area contributed by atoms with Gasteiger partial charge in [0.25, 0.3) is 0 Å². The molecule has 1 saturated heterocycles. The van der Waals surface area contributed by atoms with Gasteiger partial charge in [-0.2, -0.15) is 0 Å². The number of quaternary nitrogens is 1. The van der Waals surface area contributed by atoms with E-state index in [-0.39, 0.29) is 5.48 Å². The summed E-state index contributed by atoms with van der Waals surface area (Å²) in [6, 6.07) is 1.03. The van der Waals surface area contributed by atoms with Crippen molar-refractivity contribution in [3.05, 3.63) is 0 Å². The van der Waals surface area contributed by atoms with E-state index in [2.05, 4.69) is 13.8 Å². The van der Waals surface area contributed by atoms with Crippen molar-refractivity contribution in [2.75, 3.05) is 19.6 Å². The number of rotatable bonds is 3. The zero-order chi connectivity index (χ0) is 10.7. The maximum Gasteiger partial charge on any atom is 0.0890 e. The maximum absolute atomic E-state index is 2.40. The van der Waals surface area contributed by atoms with E-state index in [1.54, 1.807) is 0 Å². The zero-order valence-corrected chi connectivity index (χ0v) is 11.1. The maximum atomic E-state index is 2.40. The highest BCUT2D eigenvalue weighted by Gasteiger charge is 2.40. The first-order chi connectivity index (χ1) is 7.23. The molecular formula is C14H29NO. The fourth-order valence-corrected chi connectivity index (χ4v) is 4.02. The molecule has 0 radical (unpaired) electrons. The van der Waals surface area contributed by atoms with Crippen LogP contribution in [0.1, 0.15) is 58.8 Å². The van der Waals surface area contributed by atoms with Gasteiger partial charge in [0.05, 0.1) is 25.7 Å². The van der Waals surface area contributed by atoms with Crippen LogP contribution < -0.4 is 0 Å². The van der Waals surface area contributed by atoms with Crippen molar-refractivity contribution in [1.29, 1.82) is 0 Å². The molecule has 1 aliphatic carbocycles. The molecule has 0 bridgehead atoms. The lowest BCUT2D eigenvalue weighted by molar-refractivity contribution is -0.944. The molecule has 0 unspecified atom stereocenters. The normalized spacial score (nSPS) is 25.7. The van der Waals surface area contributed by atoms with Crippen molar-refractivity contribution in [2.24, 2.45) is 5.92 Å². The summed E-state index contributed by atoms with van der Waals surface area (Å²) in [6.07, 6.45) is 10.5. The third-order valence-electron chi connectivity index (χ3n) is 4.53. The van der Waals surface area contributed by atoms with Gasteiger partial charge in [-0.1, -0.05) is 20.3 Å². The van der Waals surface area contributed by atoms with E-state index < -0.39 is 0 Å². The molecule has 1 aliphatic heterocycles. The molecule has 0 aromatic carbocycles. The molecule has 1 N–H and O–H groups in total. The summed E-state index contributed by atoms with van der Waals surface area (Å²) in [5.74, 6) is 0.880. The molecule has 0 atom stereocenters. The molecule has 2 rings (SSSR count). The minimum atomic E-state index is 0. The van der Waals surface area contributed by atoms with Crippen LogP contribution in [-0.2, 0) is 0 Å². The highest BCUT2D eigenvalue weighted by atomic mass is 16.0. The minimum Gasteiger partial charge on any atom is -0.870 e. The molecule has 2 fully saturated rings. The average molecular weight is 227 g/mol. The van der Waals surface area contributed by atoms with Gasteiger partial charge in [-0.25, -0.2) is 0 Å². The topological polar surface area (TPSA) is 30.0 Å². The monoisotopic (exact) mass is 227 g/mol. The van der Waals surface area contributed by atoms with Gasteiger partial charge in [0.1, 0.15) is 0 Å². The van der Waals surface area contributed by atoms with E-state index in [0.29, 0.717) is 0 Å². The lowest BCUT2D eigenvalue weighted by Gasteiger charge is -2.44. The molecule has 0 aromatic heterocycles. The van der Waals surface area contributed by atoms with Crippen LogP contribution in [0.3, 0.4) is 0 Å². The van der Waals surface area contributed by atoms with E-state index in [1.165, 1.54) is 69.1 Å².